The smallest absolute Gasteiger partial charge is 0.254 e. The Kier molecular flexibility index (Phi) is 3.48. The zero-order chi connectivity index (χ0) is 14.2. The number of Topliss-reactive ketones (excluding diaryl/α,β-unsaturated/α-hetero) is 1. The maximum atomic E-state index is 12.7. The first-order valence-corrected chi connectivity index (χ1v) is 6.72. The minimum absolute atomic E-state index is 0.0405. The maximum Gasteiger partial charge on any atom is 0.254 e. The van der Waals surface area contributed by atoms with E-state index in [0.29, 0.717) is 19.4 Å². The minimum Gasteiger partial charge on any atom is -0.333 e. The number of likely N-dealkylation sites (tertiary alicyclic amines) is 1. The summed E-state index contributed by atoms with van der Waals surface area (Å²) in [4.78, 5) is 26.1. The fourth-order valence-electron chi connectivity index (χ4n) is 2.69. The molecule has 0 bridgehead atoms. The Hall–Kier alpha value is -1.64. The number of amides is 1. The van der Waals surface area contributed by atoms with Crippen molar-refractivity contribution < 1.29 is 9.59 Å². The van der Waals surface area contributed by atoms with Crippen molar-refractivity contribution in [1.29, 1.82) is 0 Å². The van der Waals surface area contributed by atoms with Gasteiger partial charge in [-0.3, -0.25) is 9.59 Å². The number of ketones is 1. The summed E-state index contributed by atoms with van der Waals surface area (Å²) in [5, 5.41) is 0. The summed E-state index contributed by atoms with van der Waals surface area (Å²) in [5.74, 6) is 0.286. The van der Waals surface area contributed by atoms with Crippen molar-refractivity contribution in [2.45, 2.75) is 46.1 Å². The molecule has 19 heavy (non-hydrogen) atoms. The maximum absolute atomic E-state index is 12.7. The second-order valence-electron chi connectivity index (χ2n) is 6.05. The number of nitrogens with zero attached hydrogens (tertiary/aromatic N) is 1. The third-order valence-corrected chi connectivity index (χ3v) is 3.84. The van der Waals surface area contributed by atoms with Crippen LogP contribution in [0.1, 0.15) is 48.2 Å². The molecule has 1 aliphatic heterocycles. The van der Waals surface area contributed by atoms with Crippen LogP contribution in [-0.2, 0) is 4.79 Å². The van der Waals surface area contributed by atoms with E-state index in [9.17, 15) is 9.59 Å². The summed E-state index contributed by atoms with van der Waals surface area (Å²) < 4.78 is 0. The number of piperidine rings is 1. The van der Waals surface area contributed by atoms with E-state index in [1.54, 1.807) is 0 Å². The molecule has 0 spiro atoms. The van der Waals surface area contributed by atoms with Crippen molar-refractivity contribution in [3.63, 3.8) is 0 Å². The lowest BCUT2D eigenvalue weighted by Gasteiger charge is -2.42. The van der Waals surface area contributed by atoms with E-state index in [-0.39, 0.29) is 17.2 Å². The molecule has 1 aromatic rings. The van der Waals surface area contributed by atoms with Gasteiger partial charge in [0, 0.05) is 30.5 Å². The van der Waals surface area contributed by atoms with Crippen molar-refractivity contribution in [2.24, 2.45) is 0 Å². The minimum atomic E-state index is -0.386. The highest BCUT2D eigenvalue weighted by molar-refractivity contribution is 5.97. The number of hydrogen-bond acceptors (Lipinski definition) is 2. The molecule has 0 atom stereocenters. The van der Waals surface area contributed by atoms with E-state index < -0.39 is 0 Å². The van der Waals surface area contributed by atoms with Crippen LogP contribution < -0.4 is 0 Å². The van der Waals surface area contributed by atoms with E-state index in [1.807, 2.05) is 50.8 Å². The van der Waals surface area contributed by atoms with Gasteiger partial charge in [-0.2, -0.15) is 0 Å². The third-order valence-electron chi connectivity index (χ3n) is 3.84. The molecular formula is C16H21NO2. The molecule has 3 nitrogen and oxygen atoms in total. The average Bonchev–Trinajstić information content (AvgIpc) is 2.30. The third kappa shape index (κ3) is 2.70. The number of carbonyl (C=O) groups excluding carboxylic acids is 2. The van der Waals surface area contributed by atoms with Crippen molar-refractivity contribution in [2.75, 3.05) is 6.54 Å². The van der Waals surface area contributed by atoms with E-state index in [4.69, 9.17) is 0 Å². The SMILES string of the molecule is Cc1ccc(C)c(C(=O)N2CCC(=O)CC2(C)C)c1. The highest BCUT2D eigenvalue weighted by Crippen LogP contribution is 2.28. The predicted octanol–water partition coefficient (Wildman–Crippen LogP) is 2.89. The van der Waals surface area contributed by atoms with E-state index in [0.717, 1.165) is 16.7 Å². The number of hydrogen-bond donors (Lipinski definition) is 0. The first kappa shape index (κ1) is 13.8. The Bertz CT molecular complexity index is 532. The van der Waals surface area contributed by atoms with E-state index >= 15 is 0 Å². The Morgan fingerprint density at radius 1 is 1.26 bits per heavy atom. The highest BCUT2D eigenvalue weighted by atomic mass is 16.2. The summed E-state index contributed by atoms with van der Waals surface area (Å²) in [6.45, 7) is 8.40. The molecule has 0 radical (unpaired) electrons. The van der Waals surface area contributed by atoms with Gasteiger partial charge in [0.05, 0.1) is 0 Å². The van der Waals surface area contributed by atoms with Crippen molar-refractivity contribution in [3.05, 3.63) is 34.9 Å². The van der Waals surface area contributed by atoms with Gasteiger partial charge in [-0.25, -0.2) is 0 Å². The lowest BCUT2D eigenvalue weighted by Crippen LogP contribution is -2.53. The molecule has 0 N–H and O–H groups in total. The van der Waals surface area contributed by atoms with Crippen molar-refractivity contribution >= 4 is 11.7 Å². The monoisotopic (exact) mass is 259 g/mol. The summed E-state index contributed by atoms with van der Waals surface area (Å²) in [6.07, 6.45) is 0.920. The van der Waals surface area contributed by atoms with Gasteiger partial charge < -0.3 is 4.90 Å². The molecule has 2 rings (SSSR count). The summed E-state index contributed by atoms with van der Waals surface area (Å²) in [5.41, 5.74) is 2.44. The molecule has 0 saturated carbocycles. The first-order chi connectivity index (χ1) is 8.81. The molecule has 1 heterocycles. The summed E-state index contributed by atoms with van der Waals surface area (Å²) >= 11 is 0. The molecule has 0 aliphatic carbocycles. The van der Waals surface area contributed by atoms with E-state index in [1.165, 1.54) is 0 Å². The zero-order valence-corrected chi connectivity index (χ0v) is 12.1. The van der Waals surface area contributed by atoms with Crippen molar-refractivity contribution in [1.82, 2.24) is 4.90 Å². The van der Waals surface area contributed by atoms with Crippen LogP contribution in [0.25, 0.3) is 0 Å². The van der Waals surface area contributed by atoms with Crippen LogP contribution in [-0.4, -0.2) is 28.7 Å². The molecule has 1 aromatic carbocycles. The standard InChI is InChI=1S/C16H21NO2/c1-11-5-6-12(2)14(9-11)15(19)17-8-7-13(18)10-16(17,3)4/h5-6,9H,7-8,10H2,1-4H3. The number of rotatable bonds is 1. The summed E-state index contributed by atoms with van der Waals surface area (Å²) in [7, 11) is 0. The first-order valence-electron chi connectivity index (χ1n) is 6.72. The molecule has 3 heteroatoms. The second-order valence-corrected chi connectivity index (χ2v) is 6.05. The largest absolute Gasteiger partial charge is 0.333 e. The molecule has 1 saturated heterocycles. The van der Waals surface area contributed by atoms with Crippen LogP contribution in [0, 0.1) is 13.8 Å². The highest BCUT2D eigenvalue weighted by Gasteiger charge is 2.37. The van der Waals surface area contributed by atoms with Gasteiger partial charge in [0.1, 0.15) is 5.78 Å². The van der Waals surface area contributed by atoms with Crippen molar-refractivity contribution in [3.8, 4) is 0 Å². The van der Waals surface area contributed by atoms with Crippen LogP contribution in [0.5, 0.6) is 0 Å². The molecule has 1 aliphatic rings. The van der Waals surface area contributed by atoms with Gasteiger partial charge in [-0.15, -0.1) is 0 Å². The van der Waals surface area contributed by atoms with Crippen LogP contribution >= 0.6 is 0 Å². The molecule has 102 valence electrons. The van der Waals surface area contributed by atoms with Gasteiger partial charge in [0.25, 0.3) is 5.91 Å². The Morgan fingerprint density at radius 2 is 1.95 bits per heavy atom. The Morgan fingerprint density at radius 3 is 2.58 bits per heavy atom. The van der Waals surface area contributed by atoms with Gasteiger partial charge in [-0.1, -0.05) is 17.7 Å². The fraction of sp³-hybridized carbons (Fsp3) is 0.500. The number of aryl methyl sites for hydroxylation is 2. The van der Waals surface area contributed by atoms with Gasteiger partial charge >= 0.3 is 0 Å². The summed E-state index contributed by atoms with van der Waals surface area (Å²) in [6, 6.07) is 5.92. The molecule has 0 unspecified atom stereocenters. The number of benzene rings is 1. The topological polar surface area (TPSA) is 37.4 Å². The van der Waals surface area contributed by atoms with Gasteiger partial charge in [-0.05, 0) is 39.3 Å². The molecule has 0 aromatic heterocycles. The molecular weight excluding hydrogens is 238 g/mol. The normalized spacial score (nSPS) is 18.5. The average molecular weight is 259 g/mol. The Balaban J connectivity index is 2.33. The molecule has 1 amide bonds. The predicted molar refractivity (Wildman–Crippen MR) is 75.3 cm³/mol. The zero-order valence-electron chi connectivity index (χ0n) is 12.1. The van der Waals surface area contributed by atoms with Crippen LogP contribution in [0.3, 0.4) is 0 Å². The van der Waals surface area contributed by atoms with Crippen LogP contribution in [0.15, 0.2) is 18.2 Å². The van der Waals surface area contributed by atoms with E-state index in [2.05, 4.69) is 0 Å². The fourth-order valence-corrected chi connectivity index (χ4v) is 2.69. The van der Waals surface area contributed by atoms with Crippen LogP contribution in [0.4, 0.5) is 0 Å². The Labute approximate surface area is 114 Å². The second kappa shape index (κ2) is 4.80. The van der Waals surface area contributed by atoms with Gasteiger partial charge in [0.2, 0.25) is 0 Å². The quantitative estimate of drug-likeness (QED) is 0.777. The van der Waals surface area contributed by atoms with Gasteiger partial charge in [0.15, 0.2) is 0 Å². The lowest BCUT2D eigenvalue weighted by molar-refractivity contribution is -0.124. The van der Waals surface area contributed by atoms with Crippen LogP contribution in [0.2, 0.25) is 0 Å². The lowest BCUT2D eigenvalue weighted by atomic mass is 9.88. The molecule has 1 fully saturated rings. The number of carbonyl (C=O) groups is 2.